The van der Waals surface area contributed by atoms with Crippen LogP contribution in [0.4, 0.5) is 0 Å². The van der Waals surface area contributed by atoms with Crippen LogP contribution < -0.4 is 5.73 Å². The van der Waals surface area contributed by atoms with Crippen molar-refractivity contribution in [2.45, 2.75) is 187 Å². The average Bonchev–Trinajstić information content (AvgIpc) is 3.13. The molecule has 0 heterocycles. The molecule has 11 nitrogen and oxygen atoms in total. The number of unbranched alkanes of at least 4 members (excludes halogenated alkanes) is 21. The summed E-state index contributed by atoms with van der Waals surface area (Å²) < 4.78 is 32.4. The molecule has 1 unspecified atom stereocenters. The van der Waals surface area contributed by atoms with Gasteiger partial charge in [0.2, 0.25) is 0 Å². The van der Waals surface area contributed by atoms with Crippen LogP contribution in [0.15, 0.2) is 36.5 Å². The second kappa shape index (κ2) is 36.7. The Morgan fingerprint density at radius 1 is 0.623 bits per heavy atom. The van der Waals surface area contributed by atoms with E-state index in [-0.39, 0.29) is 6.42 Å². The highest BCUT2D eigenvalue weighted by atomic mass is 31.2. The summed E-state index contributed by atoms with van der Waals surface area (Å²) in [6, 6.07) is -1.53. The highest BCUT2D eigenvalue weighted by molar-refractivity contribution is 7.47. The molecule has 0 spiro atoms. The molecular formula is C41H74NO10P. The minimum absolute atomic E-state index is 0.132. The number of aliphatic carboxylic acids is 1. The zero-order valence-electron chi connectivity index (χ0n) is 33.1. The first-order valence-corrected chi connectivity index (χ1v) is 22.1. The van der Waals surface area contributed by atoms with E-state index in [0.29, 0.717) is 6.42 Å². The first-order chi connectivity index (χ1) is 25.6. The lowest BCUT2D eigenvalue weighted by Crippen LogP contribution is -2.34. The maximum atomic E-state index is 12.6. The van der Waals surface area contributed by atoms with Crippen LogP contribution in [0.2, 0.25) is 0 Å². The number of nitrogens with two attached hydrogens (primary N) is 1. The summed E-state index contributed by atoms with van der Waals surface area (Å²) in [4.78, 5) is 45.7. The van der Waals surface area contributed by atoms with Crippen molar-refractivity contribution in [3.8, 4) is 0 Å². The molecule has 0 aliphatic heterocycles. The smallest absolute Gasteiger partial charge is 0.472 e. The van der Waals surface area contributed by atoms with Crippen molar-refractivity contribution in [1.29, 1.82) is 0 Å². The van der Waals surface area contributed by atoms with Gasteiger partial charge in [-0.3, -0.25) is 18.6 Å². The molecule has 0 bridgehead atoms. The topological polar surface area (TPSA) is 172 Å². The Morgan fingerprint density at radius 3 is 1.58 bits per heavy atom. The van der Waals surface area contributed by atoms with Gasteiger partial charge in [0, 0.05) is 12.5 Å². The van der Waals surface area contributed by atoms with Crippen LogP contribution in [0.25, 0.3) is 0 Å². The number of rotatable bonds is 38. The van der Waals surface area contributed by atoms with Crippen LogP contribution in [-0.4, -0.2) is 59.9 Å². The minimum Gasteiger partial charge on any atom is -0.480 e. The molecule has 4 N–H and O–H groups in total. The number of esters is 2. The summed E-state index contributed by atoms with van der Waals surface area (Å²) in [7, 11) is -4.73. The van der Waals surface area contributed by atoms with Crippen LogP contribution >= 0.6 is 7.82 Å². The Labute approximate surface area is 321 Å². The molecule has 0 aliphatic rings. The quantitative estimate of drug-likeness (QED) is 0.0136. The summed E-state index contributed by atoms with van der Waals surface area (Å²) in [6.45, 7) is 2.66. The summed E-state index contributed by atoms with van der Waals surface area (Å²) in [5, 5.41) is 8.86. The number of allylic oxidation sites excluding steroid dienone is 5. The van der Waals surface area contributed by atoms with E-state index in [1.54, 1.807) is 12.2 Å². The Bertz CT molecular complexity index is 1050. The van der Waals surface area contributed by atoms with Crippen molar-refractivity contribution in [3.05, 3.63) is 36.5 Å². The van der Waals surface area contributed by atoms with Gasteiger partial charge in [-0.05, 0) is 44.9 Å². The largest absolute Gasteiger partial charge is 0.480 e. The first-order valence-electron chi connectivity index (χ1n) is 20.6. The van der Waals surface area contributed by atoms with Crippen LogP contribution in [0.1, 0.15) is 174 Å². The van der Waals surface area contributed by atoms with Gasteiger partial charge in [0.05, 0.1) is 13.2 Å². The normalized spacial score (nSPS) is 14.2. The highest BCUT2D eigenvalue weighted by Gasteiger charge is 2.28. The summed E-state index contributed by atoms with van der Waals surface area (Å²) in [6.07, 6.45) is 38.4. The van der Waals surface area contributed by atoms with Gasteiger partial charge in [0.25, 0.3) is 0 Å². The van der Waals surface area contributed by atoms with Crippen molar-refractivity contribution >= 4 is 25.7 Å². The van der Waals surface area contributed by atoms with Gasteiger partial charge in [-0.25, -0.2) is 9.36 Å². The Hall–Kier alpha value is -2.30. The second-order valence-corrected chi connectivity index (χ2v) is 15.3. The van der Waals surface area contributed by atoms with Crippen molar-refractivity contribution in [1.82, 2.24) is 0 Å². The monoisotopic (exact) mass is 772 g/mol. The molecule has 0 aliphatic carbocycles. The molecule has 0 radical (unpaired) electrons. The Kier molecular flexibility index (Phi) is 35.1. The number of carboxylic acid groups (broad SMARTS) is 1. The lowest BCUT2D eigenvalue weighted by atomic mass is 10.1. The molecule has 0 amide bonds. The fourth-order valence-corrected chi connectivity index (χ4v) is 6.22. The van der Waals surface area contributed by atoms with Crippen LogP contribution in [-0.2, 0) is 37.5 Å². The summed E-state index contributed by atoms with van der Waals surface area (Å²) in [5.74, 6) is -2.65. The molecule has 0 rings (SSSR count). The van der Waals surface area contributed by atoms with Gasteiger partial charge >= 0.3 is 25.7 Å². The molecule has 0 aromatic carbocycles. The van der Waals surface area contributed by atoms with E-state index in [1.807, 2.05) is 6.08 Å². The third kappa shape index (κ3) is 36.4. The van der Waals surface area contributed by atoms with E-state index in [1.165, 1.54) is 102 Å². The zero-order valence-corrected chi connectivity index (χ0v) is 34.0. The standard InChI is InChI=1S/C41H74NO10P/c1-3-5-7-9-11-13-15-17-19-21-22-24-26-28-30-32-39(43)49-34-37(35-50-53(47,48)51-36-38(42)41(45)46)52-40(44)33-31-29-27-25-23-20-18-16-14-12-10-8-6-4-2/h16,18,26,28,30,32,37-38H,3-15,17,19-25,27,29,31,33-36,42H2,1-2H3,(H,45,46)(H,47,48)/b18-16+,28-26+,32-30+/t37-,38+/m1/s1. The molecule has 0 aromatic heterocycles. The van der Waals surface area contributed by atoms with E-state index in [0.717, 1.165) is 51.4 Å². The average molecular weight is 772 g/mol. The number of hydrogen-bond donors (Lipinski definition) is 3. The molecule has 3 atom stereocenters. The Balaban J connectivity index is 4.52. The molecule has 0 fully saturated rings. The predicted molar refractivity (Wildman–Crippen MR) is 212 cm³/mol. The minimum atomic E-state index is -4.73. The van der Waals surface area contributed by atoms with Gasteiger partial charge in [0.1, 0.15) is 12.6 Å². The molecule has 308 valence electrons. The molecule has 0 saturated carbocycles. The van der Waals surface area contributed by atoms with Gasteiger partial charge < -0.3 is 25.2 Å². The van der Waals surface area contributed by atoms with E-state index in [4.69, 9.17) is 24.8 Å². The third-order valence-electron chi connectivity index (χ3n) is 8.71. The lowest BCUT2D eigenvalue weighted by Gasteiger charge is -2.20. The van der Waals surface area contributed by atoms with Crippen molar-refractivity contribution < 1.29 is 47.5 Å². The molecule has 0 aromatic rings. The number of phosphoric acid groups is 1. The molecule has 0 saturated heterocycles. The fourth-order valence-electron chi connectivity index (χ4n) is 5.44. The summed E-state index contributed by atoms with van der Waals surface area (Å²) >= 11 is 0. The lowest BCUT2D eigenvalue weighted by molar-refractivity contribution is -0.159. The van der Waals surface area contributed by atoms with Crippen LogP contribution in [0, 0.1) is 0 Å². The van der Waals surface area contributed by atoms with Crippen molar-refractivity contribution in [2.24, 2.45) is 5.73 Å². The fraction of sp³-hybridized carbons (Fsp3) is 0.780. The molecular weight excluding hydrogens is 697 g/mol. The zero-order chi connectivity index (χ0) is 39.3. The van der Waals surface area contributed by atoms with Gasteiger partial charge in [-0.15, -0.1) is 0 Å². The SMILES string of the molecule is CCCCCCC/C=C/CCCCCCCC(=O)O[C@H](COC(=O)/C=C/C=C/CCCCCCCCCCCCC)COP(=O)(O)OC[C@H](N)C(=O)O. The van der Waals surface area contributed by atoms with E-state index in [2.05, 4.69) is 30.5 Å². The number of carboxylic acids is 1. The van der Waals surface area contributed by atoms with Crippen molar-refractivity contribution in [2.75, 3.05) is 19.8 Å². The number of carbonyl (C=O) groups excluding carboxylic acids is 2. The third-order valence-corrected chi connectivity index (χ3v) is 9.66. The predicted octanol–water partition coefficient (Wildman–Crippen LogP) is 10.4. The second-order valence-electron chi connectivity index (χ2n) is 13.8. The maximum absolute atomic E-state index is 12.6. The van der Waals surface area contributed by atoms with Gasteiger partial charge in [-0.1, -0.05) is 153 Å². The summed E-state index contributed by atoms with van der Waals surface area (Å²) in [5.41, 5.74) is 5.31. The van der Waals surface area contributed by atoms with Gasteiger partial charge in [-0.2, -0.15) is 0 Å². The number of hydrogen-bond acceptors (Lipinski definition) is 9. The number of carbonyl (C=O) groups is 3. The van der Waals surface area contributed by atoms with Crippen LogP contribution in [0.3, 0.4) is 0 Å². The van der Waals surface area contributed by atoms with Crippen LogP contribution in [0.5, 0.6) is 0 Å². The van der Waals surface area contributed by atoms with Crippen molar-refractivity contribution in [3.63, 3.8) is 0 Å². The molecule has 53 heavy (non-hydrogen) atoms. The van der Waals surface area contributed by atoms with E-state index in [9.17, 15) is 23.8 Å². The first kappa shape index (κ1) is 50.7. The van der Waals surface area contributed by atoms with E-state index < -0.39 is 57.7 Å². The maximum Gasteiger partial charge on any atom is 0.472 e. The van der Waals surface area contributed by atoms with E-state index >= 15 is 0 Å². The Morgan fingerprint density at radius 2 is 1.08 bits per heavy atom. The molecule has 12 heteroatoms. The highest BCUT2D eigenvalue weighted by Crippen LogP contribution is 2.43. The van der Waals surface area contributed by atoms with Gasteiger partial charge in [0.15, 0.2) is 6.10 Å². The number of phosphoric ester groups is 1. The number of ether oxygens (including phenoxy) is 2.